The van der Waals surface area contributed by atoms with Crippen LogP contribution in [0.2, 0.25) is 0 Å². The summed E-state index contributed by atoms with van der Waals surface area (Å²) < 4.78 is 58.0. The molecule has 13 heavy (non-hydrogen) atoms. The van der Waals surface area contributed by atoms with E-state index < -0.39 is 27.2 Å². The zero-order chi connectivity index (χ0) is 10.9. The van der Waals surface area contributed by atoms with Crippen LogP contribution in [0.4, 0.5) is 8.78 Å². The zero-order valence-electron chi connectivity index (χ0n) is 7.12. The van der Waals surface area contributed by atoms with Gasteiger partial charge in [-0.05, 0) is 13.8 Å². The van der Waals surface area contributed by atoms with E-state index in [0.717, 1.165) is 13.8 Å². The summed E-state index contributed by atoms with van der Waals surface area (Å²) >= 11 is 0. The zero-order valence-corrected chi connectivity index (χ0v) is 7.94. The van der Waals surface area contributed by atoms with Gasteiger partial charge >= 0.3 is 6.11 Å². The van der Waals surface area contributed by atoms with Crippen LogP contribution in [0.5, 0.6) is 0 Å². The van der Waals surface area contributed by atoms with Crippen molar-refractivity contribution < 1.29 is 26.5 Å². The average Bonchev–Trinajstić information content (AvgIpc) is 1.83. The molecular formula is C6H10F2O4S. The van der Waals surface area contributed by atoms with E-state index in [9.17, 15) is 17.2 Å². The minimum atomic E-state index is -4.61. The number of halogens is 2. The number of hydrogen-bond donors (Lipinski definition) is 1. The average molecular weight is 216 g/mol. The Morgan fingerprint density at radius 1 is 1.62 bits per heavy atom. The predicted octanol–water partition coefficient (Wildman–Crippen LogP) is 1.41. The molecule has 1 N–H and O–H groups in total. The van der Waals surface area contributed by atoms with E-state index in [1.807, 2.05) is 0 Å². The maximum Gasteiger partial charge on any atom is 0.380 e. The third-order valence-corrected chi connectivity index (χ3v) is 2.17. The SMILES string of the molecule is C=C(C)C(F)(F)OC(C)S(=O)(=O)O. The van der Waals surface area contributed by atoms with Crippen LogP contribution in [0.15, 0.2) is 12.2 Å². The van der Waals surface area contributed by atoms with Crippen molar-refractivity contribution >= 4 is 10.1 Å². The third kappa shape index (κ3) is 3.79. The molecule has 0 aromatic rings. The van der Waals surface area contributed by atoms with Crippen molar-refractivity contribution in [1.29, 1.82) is 0 Å². The van der Waals surface area contributed by atoms with Gasteiger partial charge in [0.15, 0.2) is 5.44 Å². The first-order chi connectivity index (χ1) is 5.57. The molecule has 0 aliphatic rings. The van der Waals surface area contributed by atoms with E-state index in [-0.39, 0.29) is 0 Å². The van der Waals surface area contributed by atoms with Gasteiger partial charge < -0.3 is 0 Å². The molecule has 78 valence electrons. The second-order valence-corrected chi connectivity index (χ2v) is 4.19. The molecule has 7 heteroatoms. The van der Waals surface area contributed by atoms with E-state index in [1.54, 1.807) is 0 Å². The van der Waals surface area contributed by atoms with Gasteiger partial charge in [-0.1, -0.05) is 6.58 Å². The topological polar surface area (TPSA) is 63.6 Å². The van der Waals surface area contributed by atoms with Crippen molar-refractivity contribution in [3.63, 3.8) is 0 Å². The quantitative estimate of drug-likeness (QED) is 0.570. The first kappa shape index (κ1) is 12.5. The standard InChI is InChI=1S/C6H10F2O4S/c1-4(2)6(7,8)12-5(3)13(9,10)11/h5H,1H2,2-3H3,(H,9,10,11). The molecule has 0 heterocycles. The Balaban J connectivity index is 4.56. The lowest BCUT2D eigenvalue weighted by Crippen LogP contribution is -2.31. The Kier molecular flexibility index (Phi) is 3.54. The smallest absolute Gasteiger partial charge is 0.295 e. The van der Waals surface area contributed by atoms with Gasteiger partial charge in [-0.2, -0.15) is 17.2 Å². The van der Waals surface area contributed by atoms with Crippen LogP contribution in [0, 0.1) is 0 Å². The monoisotopic (exact) mass is 216 g/mol. The van der Waals surface area contributed by atoms with Gasteiger partial charge in [0, 0.05) is 5.57 Å². The van der Waals surface area contributed by atoms with Crippen LogP contribution in [0.1, 0.15) is 13.8 Å². The fraction of sp³-hybridized carbons (Fsp3) is 0.667. The number of rotatable bonds is 4. The van der Waals surface area contributed by atoms with E-state index in [4.69, 9.17) is 4.55 Å². The van der Waals surface area contributed by atoms with Gasteiger partial charge in [0.05, 0.1) is 0 Å². The molecule has 0 fully saturated rings. The largest absolute Gasteiger partial charge is 0.380 e. The number of hydrogen-bond acceptors (Lipinski definition) is 3. The molecular weight excluding hydrogens is 206 g/mol. The highest BCUT2D eigenvalue weighted by molar-refractivity contribution is 7.86. The third-order valence-electron chi connectivity index (χ3n) is 1.23. The van der Waals surface area contributed by atoms with Crippen molar-refractivity contribution in [1.82, 2.24) is 0 Å². The lowest BCUT2D eigenvalue weighted by atomic mass is 10.3. The summed E-state index contributed by atoms with van der Waals surface area (Å²) in [5.41, 5.74) is -2.62. The molecule has 1 atom stereocenters. The Hall–Kier alpha value is -0.530. The Labute approximate surface area is 74.9 Å². The summed E-state index contributed by atoms with van der Waals surface area (Å²) in [5, 5.41) is 0. The normalized spacial score (nSPS) is 15.5. The van der Waals surface area contributed by atoms with Crippen LogP contribution >= 0.6 is 0 Å². The summed E-state index contributed by atoms with van der Waals surface area (Å²) in [6.45, 7) is 4.69. The summed E-state index contributed by atoms with van der Waals surface area (Å²) in [4.78, 5) is 0. The molecule has 0 saturated carbocycles. The highest BCUT2D eigenvalue weighted by Crippen LogP contribution is 2.26. The van der Waals surface area contributed by atoms with Crippen LogP contribution in [-0.4, -0.2) is 24.5 Å². The van der Waals surface area contributed by atoms with Crippen molar-refractivity contribution in [2.24, 2.45) is 0 Å². The van der Waals surface area contributed by atoms with E-state index in [2.05, 4.69) is 11.3 Å². The first-order valence-electron chi connectivity index (χ1n) is 3.25. The van der Waals surface area contributed by atoms with Gasteiger partial charge in [0.2, 0.25) is 0 Å². The molecule has 0 aliphatic carbocycles. The van der Waals surface area contributed by atoms with Crippen molar-refractivity contribution in [3.05, 3.63) is 12.2 Å². The maximum atomic E-state index is 12.6. The van der Waals surface area contributed by atoms with Crippen LogP contribution < -0.4 is 0 Å². The first-order valence-corrected chi connectivity index (χ1v) is 4.75. The molecule has 0 amide bonds. The number of ether oxygens (including phenoxy) is 1. The van der Waals surface area contributed by atoms with Gasteiger partial charge in [-0.3, -0.25) is 9.29 Å². The minimum absolute atomic E-state index is 0.636. The molecule has 0 bridgehead atoms. The number of alkyl halides is 2. The maximum absolute atomic E-state index is 12.6. The summed E-state index contributed by atoms with van der Waals surface area (Å²) in [5.74, 6) is 0. The molecule has 0 aliphatic heterocycles. The highest BCUT2D eigenvalue weighted by atomic mass is 32.2. The van der Waals surface area contributed by atoms with E-state index in [0.29, 0.717) is 0 Å². The molecule has 0 saturated heterocycles. The Morgan fingerprint density at radius 3 is 2.23 bits per heavy atom. The molecule has 0 rings (SSSR count). The fourth-order valence-corrected chi connectivity index (χ4v) is 0.612. The Morgan fingerprint density at radius 2 is 2.00 bits per heavy atom. The predicted molar refractivity (Wildman–Crippen MR) is 41.9 cm³/mol. The molecule has 0 radical (unpaired) electrons. The lowest BCUT2D eigenvalue weighted by Gasteiger charge is -2.19. The second kappa shape index (κ2) is 3.69. The lowest BCUT2D eigenvalue weighted by molar-refractivity contribution is -0.216. The van der Waals surface area contributed by atoms with Gasteiger partial charge in [-0.25, -0.2) is 0 Å². The van der Waals surface area contributed by atoms with E-state index in [1.165, 1.54) is 0 Å². The van der Waals surface area contributed by atoms with Crippen LogP contribution in [-0.2, 0) is 14.9 Å². The van der Waals surface area contributed by atoms with Gasteiger partial charge in [-0.15, -0.1) is 0 Å². The molecule has 0 aromatic carbocycles. The minimum Gasteiger partial charge on any atom is -0.295 e. The van der Waals surface area contributed by atoms with Crippen molar-refractivity contribution in [2.75, 3.05) is 0 Å². The summed E-state index contributed by atoms with van der Waals surface area (Å²) in [6.07, 6.45) is -3.75. The van der Waals surface area contributed by atoms with E-state index >= 15 is 0 Å². The second-order valence-electron chi connectivity index (χ2n) is 2.50. The summed E-state index contributed by atoms with van der Waals surface area (Å²) in [7, 11) is -4.61. The molecule has 1 unspecified atom stereocenters. The van der Waals surface area contributed by atoms with Crippen LogP contribution in [0.25, 0.3) is 0 Å². The Bertz CT molecular complexity index is 296. The fourth-order valence-electron chi connectivity index (χ4n) is 0.370. The highest BCUT2D eigenvalue weighted by Gasteiger charge is 2.37. The molecule has 0 spiro atoms. The molecule has 4 nitrogen and oxygen atoms in total. The van der Waals surface area contributed by atoms with Crippen molar-refractivity contribution in [2.45, 2.75) is 25.4 Å². The molecule has 0 aromatic heterocycles. The van der Waals surface area contributed by atoms with Gasteiger partial charge in [0.25, 0.3) is 10.1 Å². The summed E-state index contributed by atoms with van der Waals surface area (Å²) in [6, 6.07) is 0. The van der Waals surface area contributed by atoms with Gasteiger partial charge in [0.1, 0.15) is 0 Å². The van der Waals surface area contributed by atoms with Crippen LogP contribution in [0.3, 0.4) is 0 Å². The van der Waals surface area contributed by atoms with Crippen molar-refractivity contribution in [3.8, 4) is 0 Å².